The largest absolute Gasteiger partial charge is 0.479 e. The molecule has 7 nitrogen and oxygen atoms in total. The summed E-state index contributed by atoms with van der Waals surface area (Å²) >= 11 is 0. The molecule has 1 aliphatic carbocycles. The first-order chi connectivity index (χ1) is 16.0. The molecular weight excluding hydrogens is 420 g/mol. The molecule has 33 heavy (non-hydrogen) atoms. The van der Waals surface area contributed by atoms with Gasteiger partial charge in [0.2, 0.25) is 5.91 Å². The second kappa shape index (κ2) is 8.39. The third kappa shape index (κ3) is 3.57. The van der Waals surface area contributed by atoms with E-state index in [4.69, 9.17) is 4.74 Å². The van der Waals surface area contributed by atoms with E-state index in [9.17, 15) is 19.5 Å². The Balaban J connectivity index is 1.14. The van der Waals surface area contributed by atoms with Crippen LogP contribution >= 0.6 is 0 Å². The molecule has 0 spiro atoms. The Morgan fingerprint density at radius 1 is 1.03 bits per heavy atom. The zero-order chi connectivity index (χ0) is 23.0. The van der Waals surface area contributed by atoms with Crippen LogP contribution in [0.4, 0.5) is 4.79 Å². The van der Waals surface area contributed by atoms with Gasteiger partial charge in [-0.25, -0.2) is 9.59 Å². The van der Waals surface area contributed by atoms with Crippen molar-refractivity contribution in [2.45, 2.75) is 43.2 Å². The highest BCUT2D eigenvalue weighted by atomic mass is 16.5. The van der Waals surface area contributed by atoms with Crippen LogP contribution in [0.25, 0.3) is 11.1 Å². The summed E-state index contributed by atoms with van der Waals surface area (Å²) in [6.45, 7) is 0.347. The molecule has 2 aromatic rings. The third-order valence-electron chi connectivity index (χ3n) is 7.21. The highest BCUT2D eigenvalue weighted by Crippen LogP contribution is 2.47. The fraction of sp³-hybridized carbons (Fsp3) is 0.346. The lowest BCUT2D eigenvalue weighted by atomic mass is 9.88. The van der Waals surface area contributed by atoms with Crippen LogP contribution in [0.15, 0.2) is 60.7 Å². The fourth-order valence-electron chi connectivity index (χ4n) is 5.67. The molecule has 2 heterocycles. The van der Waals surface area contributed by atoms with E-state index in [1.54, 1.807) is 0 Å². The molecule has 0 radical (unpaired) electrons. The van der Waals surface area contributed by atoms with Crippen molar-refractivity contribution < 1.29 is 24.2 Å². The van der Waals surface area contributed by atoms with Gasteiger partial charge in [0.25, 0.3) is 0 Å². The molecule has 2 fully saturated rings. The molecule has 2 N–H and O–H groups in total. The minimum absolute atomic E-state index is 0.00617. The summed E-state index contributed by atoms with van der Waals surface area (Å²) in [6, 6.07) is 16.3. The Morgan fingerprint density at radius 3 is 2.24 bits per heavy atom. The molecular formula is C26H26N2O5. The van der Waals surface area contributed by atoms with E-state index >= 15 is 0 Å². The SMILES string of the molecule is O=C(NC/C=C/C(=O)N1C2CCC1(C(=O)O)CC2)OCC1c2ccccc2-c2ccccc21. The van der Waals surface area contributed by atoms with E-state index in [2.05, 4.69) is 29.6 Å². The lowest BCUT2D eigenvalue weighted by molar-refractivity contribution is -0.153. The molecule has 170 valence electrons. The number of benzene rings is 2. The number of hydrogen-bond acceptors (Lipinski definition) is 4. The van der Waals surface area contributed by atoms with Gasteiger partial charge in [0, 0.05) is 24.6 Å². The maximum Gasteiger partial charge on any atom is 0.407 e. The number of ether oxygens (including phenoxy) is 1. The van der Waals surface area contributed by atoms with Gasteiger partial charge in [-0.15, -0.1) is 0 Å². The number of hydrogen-bond donors (Lipinski definition) is 2. The van der Waals surface area contributed by atoms with Crippen LogP contribution in [0.2, 0.25) is 0 Å². The number of rotatable bonds is 6. The van der Waals surface area contributed by atoms with Gasteiger partial charge in [0.15, 0.2) is 0 Å². The van der Waals surface area contributed by atoms with Gasteiger partial charge in [-0.3, -0.25) is 4.79 Å². The van der Waals surface area contributed by atoms with E-state index in [1.165, 1.54) is 28.2 Å². The number of nitrogens with zero attached hydrogens (tertiary/aromatic N) is 1. The van der Waals surface area contributed by atoms with Crippen LogP contribution < -0.4 is 5.32 Å². The number of carboxylic acids is 1. The zero-order valence-corrected chi connectivity index (χ0v) is 18.2. The molecule has 5 rings (SSSR count). The van der Waals surface area contributed by atoms with E-state index in [0.29, 0.717) is 12.8 Å². The quantitative estimate of drug-likeness (QED) is 0.660. The Kier molecular flexibility index (Phi) is 5.40. The van der Waals surface area contributed by atoms with Gasteiger partial charge in [-0.2, -0.15) is 0 Å². The number of fused-ring (bicyclic) bond motifs is 5. The summed E-state index contributed by atoms with van der Waals surface area (Å²) in [6.07, 6.45) is 4.79. The predicted molar refractivity (Wildman–Crippen MR) is 122 cm³/mol. The van der Waals surface area contributed by atoms with Crippen molar-refractivity contribution in [3.8, 4) is 11.1 Å². The topological polar surface area (TPSA) is 95.9 Å². The minimum Gasteiger partial charge on any atom is -0.479 e. The summed E-state index contributed by atoms with van der Waals surface area (Å²) in [5.41, 5.74) is 3.55. The molecule has 7 heteroatoms. The van der Waals surface area contributed by atoms with Crippen LogP contribution in [0.5, 0.6) is 0 Å². The monoisotopic (exact) mass is 446 g/mol. The minimum atomic E-state index is -1.06. The second-order valence-electron chi connectivity index (χ2n) is 8.88. The lowest BCUT2D eigenvalue weighted by Crippen LogP contribution is -2.50. The van der Waals surface area contributed by atoms with Crippen LogP contribution in [-0.4, -0.2) is 52.7 Å². The average molecular weight is 447 g/mol. The van der Waals surface area contributed by atoms with Crippen molar-refractivity contribution in [1.29, 1.82) is 0 Å². The van der Waals surface area contributed by atoms with Crippen LogP contribution in [0.3, 0.4) is 0 Å². The van der Waals surface area contributed by atoms with Crippen molar-refractivity contribution in [3.05, 3.63) is 71.8 Å². The van der Waals surface area contributed by atoms with Crippen LogP contribution in [-0.2, 0) is 14.3 Å². The van der Waals surface area contributed by atoms with Gasteiger partial charge >= 0.3 is 12.1 Å². The fourth-order valence-corrected chi connectivity index (χ4v) is 5.67. The standard InChI is InChI=1S/C26H26N2O5/c29-23(28-17-11-13-26(28,14-12-17)24(30)31)10-5-15-27-25(32)33-16-22-20-8-3-1-6-18(20)19-7-2-4-9-21(19)22/h1-10,17,22H,11-16H2,(H,27,32)(H,30,31)/b10-5+. The number of amides is 2. The molecule has 0 saturated carbocycles. The van der Waals surface area contributed by atoms with Crippen molar-refractivity contribution >= 4 is 18.0 Å². The Bertz CT molecular complexity index is 1090. The van der Waals surface area contributed by atoms with E-state index in [0.717, 1.165) is 24.0 Å². The zero-order valence-electron chi connectivity index (χ0n) is 18.2. The number of carboxylic acid groups (broad SMARTS) is 1. The van der Waals surface area contributed by atoms with E-state index in [1.807, 2.05) is 24.3 Å². The van der Waals surface area contributed by atoms with Gasteiger partial charge in [-0.05, 0) is 47.9 Å². The summed E-state index contributed by atoms with van der Waals surface area (Å²) < 4.78 is 5.48. The van der Waals surface area contributed by atoms with Crippen LogP contribution in [0.1, 0.15) is 42.7 Å². The first kappa shape index (κ1) is 21.2. The first-order valence-corrected chi connectivity index (χ1v) is 11.3. The number of aliphatic carboxylic acids is 1. The maximum absolute atomic E-state index is 12.6. The molecule has 0 aromatic heterocycles. The van der Waals surface area contributed by atoms with E-state index in [-0.39, 0.29) is 31.0 Å². The van der Waals surface area contributed by atoms with Crippen LogP contribution in [0, 0.1) is 0 Å². The van der Waals surface area contributed by atoms with Gasteiger partial charge < -0.3 is 20.1 Å². The number of alkyl carbamates (subject to hydrolysis) is 1. The molecule has 3 aliphatic rings. The molecule has 2 aromatic carbocycles. The molecule has 0 atom stereocenters. The lowest BCUT2D eigenvalue weighted by Gasteiger charge is -2.29. The van der Waals surface area contributed by atoms with Crippen molar-refractivity contribution in [1.82, 2.24) is 10.2 Å². The Hall–Kier alpha value is -3.61. The number of nitrogens with one attached hydrogen (secondary N) is 1. The summed E-state index contributed by atoms with van der Waals surface area (Å²) in [7, 11) is 0. The maximum atomic E-state index is 12.6. The van der Waals surface area contributed by atoms with Gasteiger partial charge in [0.05, 0.1) is 0 Å². The van der Waals surface area contributed by atoms with E-state index < -0.39 is 17.6 Å². The highest BCUT2D eigenvalue weighted by molar-refractivity contribution is 5.94. The predicted octanol–water partition coefficient (Wildman–Crippen LogP) is 3.69. The normalized spacial score (nSPS) is 22.9. The van der Waals surface area contributed by atoms with Crippen molar-refractivity contribution in [2.75, 3.05) is 13.2 Å². The molecule has 0 unspecified atom stereocenters. The number of carbonyl (C=O) groups excluding carboxylic acids is 2. The molecule has 2 aliphatic heterocycles. The van der Waals surface area contributed by atoms with Gasteiger partial charge in [-0.1, -0.05) is 54.6 Å². The third-order valence-corrected chi connectivity index (χ3v) is 7.21. The molecule has 2 amide bonds. The Labute approximate surface area is 192 Å². The molecule has 2 saturated heterocycles. The van der Waals surface area contributed by atoms with Crippen molar-refractivity contribution in [3.63, 3.8) is 0 Å². The summed E-state index contributed by atoms with van der Waals surface area (Å²) in [4.78, 5) is 38.1. The summed E-state index contributed by atoms with van der Waals surface area (Å²) in [5.74, 6) is -1.26. The first-order valence-electron chi connectivity index (χ1n) is 11.3. The molecule has 2 bridgehead atoms. The highest BCUT2D eigenvalue weighted by Gasteiger charge is 2.58. The van der Waals surface area contributed by atoms with Gasteiger partial charge in [0.1, 0.15) is 12.1 Å². The smallest absolute Gasteiger partial charge is 0.407 e. The Morgan fingerprint density at radius 2 is 1.64 bits per heavy atom. The summed E-state index contributed by atoms with van der Waals surface area (Å²) in [5, 5.41) is 12.3. The second-order valence-corrected chi connectivity index (χ2v) is 8.88. The average Bonchev–Trinajstić information content (AvgIpc) is 3.49. The van der Waals surface area contributed by atoms with Crippen molar-refractivity contribution in [2.24, 2.45) is 0 Å². The number of carbonyl (C=O) groups is 3.